The minimum absolute atomic E-state index is 0.141. The summed E-state index contributed by atoms with van der Waals surface area (Å²) < 4.78 is 4.99. The maximum Gasteiger partial charge on any atom is 0.246 e. The van der Waals surface area contributed by atoms with Gasteiger partial charge in [0.15, 0.2) is 0 Å². The summed E-state index contributed by atoms with van der Waals surface area (Å²) in [6, 6.07) is 4.62. The number of methoxy groups -OCH3 is 1. The number of piperidine rings is 1. The van der Waals surface area contributed by atoms with Gasteiger partial charge in [0.05, 0.1) is 25.4 Å². The van der Waals surface area contributed by atoms with Crippen LogP contribution < -0.4 is 10.5 Å². The van der Waals surface area contributed by atoms with E-state index >= 15 is 0 Å². The largest absolute Gasteiger partial charge is 0.481 e. The fourth-order valence-corrected chi connectivity index (χ4v) is 1.85. The molecule has 1 aliphatic heterocycles. The molecule has 2 amide bonds. The number of rotatable bonds is 3. The molecule has 0 radical (unpaired) electrons. The number of ether oxygens (including phenoxy) is 1. The number of hydrogen-bond donors (Lipinski definition) is 1. The van der Waals surface area contributed by atoms with Gasteiger partial charge >= 0.3 is 0 Å². The highest BCUT2D eigenvalue weighted by Crippen LogP contribution is 2.15. The van der Waals surface area contributed by atoms with Crippen LogP contribution in [0.5, 0.6) is 5.88 Å². The number of carbonyl (C=O) groups is 2. The zero-order valence-electron chi connectivity index (χ0n) is 10.1. The Kier molecular flexibility index (Phi) is 3.57. The third-order valence-corrected chi connectivity index (χ3v) is 2.86. The first kappa shape index (κ1) is 12.5. The average Bonchev–Trinajstić information content (AvgIpc) is 2.39. The Bertz CT molecular complexity index is 475. The SMILES string of the molecule is COc1cccc(CN2C(=O)CCC(N)C2=O)n1. The Morgan fingerprint density at radius 3 is 3.00 bits per heavy atom. The molecule has 6 heteroatoms. The van der Waals surface area contributed by atoms with E-state index in [2.05, 4.69) is 4.98 Å². The number of nitrogens with zero attached hydrogens (tertiary/aromatic N) is 2. The standard InChI is InChI=1S/C12H15N3O3/c1-18-10-4-2-3-8(14-10)7-15-11(16)6-5-9(13)12(15)17/h2-4,9H,5-7,13H2,1H3. The van der Waals surface area contributed by atoms with E-state index in [0.717, 1.165) is 4.90 Å². The number of nitrogens with two attached hydrogens (primary N) is 1. The zero-order chi connectivity index (χ0) is 13.1. The molecule has 0 aromatic carbocycles. The molecule has 6 nitrogen and oxygen atoms in total. The van der Waals surface area contributed by atoms with Gasteiger partial charge < -0.3 is 10.5 Å². The molecule has 1 unspecified atom stereocenters. The Hall–Kier alpha value is -1.95. The third kappa shape index (κ3) is 2.48. The van der Waals surface area contributed by atoms with Gasteiger partial charge in [-0.2, -0.15) is 0 Å². The molecule has 0 aliphatic carbocycles. The van der Waals surface area contributed by atoms with Crippen molar-refractivity contribution in [2.45, 2.75) is 25.4 Å². The van der Waals surface area contributed by atoms with E-state index < -0.39 is 6.04 Å². The van der Waals surface area contributed by atoms with Crippen molar-refractivity contribution in [1.29, 1.82) is 0 Å². The van der Waals surface area contributed by atoms with Crippen molar-refractivity contribution in [3.8, 4) is 5.88 Å². The van der Waals surface area contributed by atoms with Gasteiger partial charge in [0.2, 0.25) is 17.7 Å². The second-order valence-corrected chi connectivity index (χ2v) is 4.13. The van der Waals surface area contributed by atoms with Crippen LogP contribution >= 0.6 is 0 Å². The lowest BCUT2D eigenvalue weighted by molar-refractivity contribution is -0.150. The van der Waals surface area contributed by atoms with Gasteiger partial charge in [0, 0.05) is 12.5 Å². The molecule has 18 heavy (non-hydrogen) atoms. The van der Waals surface area contributed by atoms with E-state index in [9.17, 15) is 9.59 Å². The number of pyridine rings is 1. The van der Waals surface area contributed by atoms with Crippen molar-refractivity contribution in [3.63, 3.8) is 0 Å². The maximum atomic E-state index is 11.8. The molecule has 1 fully saturated rings. The highest BCUT2D eigenvalue weighted by Gasteiger charge is 2.32. The molecule has 96 valence electrons. The van der Waals surface area contributed by atoms with Crippen LogP contribution in [0.1, 0.15) is 18.5 Å². The lowest BCUT2D eigenvalue weighted by Gasteiger charge is -2.28. The Morgan fingerprint density at radius 1 is 1.50 bits per heavy atom. The van der Waals surface area contributed by atoms with Crippen molar-refractivity contribution in [2.24, 2.45) is 5.73 Å². The Balaban J connectivity index is 2.16. The second-order valence-electron chi connectivity index (χ2n) is 4.13. The molecule has 1 atom stereocenters. The van der Waals surface area contributed by atoms with E-state index in [1.807, 2.05) is 0 Å². The topological polar surface area (TPSA) is 85.5 Å². The van der Waals surface area contributed by atoms with Crippen molar-refractivity contribution in [1.82, 2.24) is 9.88 Å². The molecule has 2 N–H and O–H groups in total. The number of imide groups is 1. The molecule has 1 aromatic heterocycles. The van der Waals surface area contributed by atoms with Gasteiger partial charge in [0.1, 0.15) is 0 Å². The van der Waals surface area contributed by atoms with E-state index in [1.165, 1.54) is 7.11 Å². The Labute approximate surface area is 105 Å². The molecular weight excluding hydrogens is 234 g/mol. The van der Waals surface area contributed by atoms with Gasteiger partial charge in [-0.15, -0.1) is 0 Å². The summed E-state index contributed by atoms with van der Waals surface area (Å²) in [4.78, 5) is 28.8. The van der Waals surface area contributed by atoms with E-state index in [0.29, 0.717) is 24.4 Å². The molecule has 1 aliphatic rings. The van der Waals surface area contributed by atoms with Crippen LogP contribution in [-0.2, 0) is 16.1 Å². The summed E-state index contributed by atoms with van der Waals surface area (Å²) in [5, 5.41) is 0. The molecule has 0 saturated carbocycles. The quantitative estimate of drug-likeness (QED) is 0.766. The van der Waals surface area contributed by atoms with E-state index in [4.69, 9.17) is 10.5 Å². The van der Waals surface area contributed by atoms with Crippen LogP contribution in [0.4, 0.5) is 0 Å². The molecular formula is C12H15N3O3. The molecule has 1 aromatic rings. The fraction of sp³-hybridized carbons (Fsp3) is 0.417. The fourth-order valence-electron chi connectivity index (χ4n) is 1.85. The monoisotopic (exact) mass is 249 g/mol. The van der Waals surface area contributed by atoms with E-state index in [1.54, 1.807) is 18.2 Å². The van der Waals surface area contributed by atoms with Crippen molar-refractivity contribution < 1.29 is 14.3 Å². The number of likely N-dealkylation sites (tertiary alicyclic amines) is 1. The lowest BCUT2D eigenvalue weighted by Crippen LogP contribution is -2.50. The van der Waals surface area contributed by atoms with Crippen LogP contribution in [0.2, 0.25) is 0 Å². The van der Waals surface area contributed by atoms with Crippen LogP contribution in [0, 0.1) is 0 Å². The van der Waals surface area contributed by atoms with Crippen LogP contribution in [0.25, 0.3) is 0 Å². The van der Waals surface area contributed by atoms with Gasteiger partial charge in [0.25, 0.3) is 0 Å². The molecule has 2 rings (SSSR count). The molecule has 0 spiro atoms. The summed E-state index contributed by atoms with van der Waals surface area (Å²) in [5.41, 5.74) is 6.25. The summed E-state index contributed by atoms with van der Waals surface area (Å²) in [6.07, 6.45) is 0.719. The zero-order valence-corrected chi connectivity index (χ0v) is 10.1. The predicted octanol–water partition coefficient (Wildman–Crippen LogP) is 0.0665. The maximum absolute atomic E-state index is 11.8. The van der Waals surface area contributed by atoms with Crippen LogP contribution in [-0.4, -0.2) is 34.8 Å². The van der Waals surface area contributed by atoms with Gasteiger partial charge in [-0.1, -0.05) is 6.07 Å². The number of amides is 2. The summed E-state index contributed by atoms with van der Waals surface area (Å²) in [5.74, 6) is -0.0871. The van der Waals surface area contributed by atoms with Gasteiger partial charge in [-0.3, -0.25) is 14.5 Å². The number of hydrogen-bond acceptors (Lipinski definition) is 5. The minimum atomic E-state index is -0.590. The first-order valence-electron chi connectivity index (χ1n) is 5.71. The normalized spacial score (nSPS) is 20.1. The predicted molar refractivity (Wildman–Crippen MR) is 63.6 cm³/mol. The van der Waals surface area contributed by atoms with Crippen molar-refractivity contribution >= 4 is 11.8 Å². The van der Waals surface area contributed by atoms with Crippen molar-refractivity contribution in [3.05, 3.63) is 23.9 Å². The van der Waals surface area contributed by atoms with Gasteiger partial charge in [-0.05, 0) is 12.5 Å². The van der Waals surface area contributed by atoms with Crippen molar-refractivity contribution in [2.75, 3.05) is 7.11 Å². The summed E-state index contributed by atoms with van der Waals surface area (Å²) >= 11 is 0. The Morgan fingerprint density at radius 2 is 2.28 bits per heavy atom. The summed E-state index contributed by atoms with van der Waals surface area (Å²) in [7, 11) is 1.51. The lowest BCUT2D eigenvalue weighted by atomic mass is 10.0. The molecule has 0 bridgehead atoms. The van der Waals surface area contributed by atoms with E-state index in [-0.39, 0.29) is 18.4 Å². The highest BCUT2D eigenvalue weighted by molar-refractivity contribution is 6.00. The summed E-state index contributed by atoms with van der Waals surface area (Å²) in [6.45, 7) is 0.141. The first-order valence-corrected chi connectivity index (χ1v) is 5.71. The first-order chi connectivity index (χ1) is 8.61. The highest BCUT2D eigenvalue weighted by atomic mass is 16.5. The third-order valence-electron chi connectivity index (χ3n) is 2.86. The molecule has 1 saturated heterocycles. The minimum Gasteiger partial charge on any atom is -0.481 e. The smallest absolute Gasteiger partial charge is 0.246 e. The van der Waals surface area contributed by atoms with Crippen LogP contribution in [0.15, 0.2) is 18.2 Å². The number of carbonyl (C=O) groups excluding carboxylic acids is 2. The molecule has 2 heterocycles. The number of aromatic nitrogens is 1. The second kappa shape index (κ2) is 5.14. The van der Waals surface area contributed by atoms with Crippen LogP contribution in [0.3, 0.4) is 0 Å². The average molecular weight is 249 g/mol. The van der Waals surface area contributed by atoms with Gasteiger partial charge in [-0.25, -0.2) is 4.98 Å².